The summed E-state index contributed by atoms with van der Waals surface area (Å²) >= 11 is 0. The number of carboxylic acid groups (broad SMARTS) is 1. The number of carbonyl (C=O) groups excluding carboxylic acids is 1. The highest BCUT2D eigenvalue weighted by atomic mass is 16.5. The summed E-state index contributed by atoms with van der Waals surface area (Å²) in [5, 5.41) is 26.3. The van der Waals surface area contributed by atoms with Crippen molar-refractivity contribution >= 4 is 11.9 Å². The van der Waals surface area contributed by atoms with Crippen LogP contribution in [-0.2, 0) is 33.8 Å². The Bertz CT molecular complexity index is 902. The van der Waals surface area contributed by atoms with E-state index in [0.717, 1.165) is 11.1 Å². The fourth-order valence-electron chi connectivity index (χ4n) is 2.36. The van der Waals surface area contributed by atoms with E-state index in [4.69, 9.17) is 20.1 Å². The maximum Gasteiger partial charge on any atom is 0.310 e. The number of hydrogen-bond donors (Lipinski definition) is 3. The van der Waals surface area contributed by atoms with Gasteiger partial charge >= 0.3 is 11.9 Å². The lowest BCUT2D eigenvalue weighted by Gasteiger charge is -2.05. The van der Waals surface area contributed by atoms with Gasteiger partial charge in [0.05, 0.1) is 12.8 Å². The van der Waals surface area contributed by atoms with E-state index in [1.54, 1.807) is 36.4 Å². The first-order chi connectivity index (χ1) is 13.9. The predicted octanol–water partition coefficient (Wildman–Crippen LogP) is 3.70. The molecule has 0 unspecified atom stereocenters. The normalized spacial score (nSPS) is 9.79. The molecular formula is C23H22O6. The first-order valence-electron chi connectivity index (χ1n) is 8.89. The molecule has 0 heterocycles. The van der Waals surface area contributed by atoms with Crippen LogP contribution in [0.15, 0.2) is 78.9 Å². The van der Waals surface area contributed by atoms with Crippen LogP contribution in [0.5, 0.6) is 11.5 Å². The molecule has 3 N–H and O–H groups in total. The molecule has 3 aromatic rings. The third-order valence-corrected chi connectivity index (χ3v) is 3.82. The fraction of sp³-hybridized carbons (Fsp3) is 0.130. The van der Waals surface area contributed by atoms with Crippen LogP contribution < -0.4 is 0 Å². The second kappa shape index (κ2) is 11.1. The standard InChI is InChI=1S/C15H14O3.C8H8O3/c16-14-8-6-12(7-9-14)10-15(17)18-11-13-4-2-1-3-5-13;9-7-3-1-6(2-4-7)5-8(10)11/h1-9,16H,10-11H2;1-4,9H,5H2,(H,10,11). The number of aromatic hydroxyl groups is 2. The summed E-state index contributed by atoms with van der Waals surface area (Å²) in [6.45, 7) is 0.289. The fourth-order valence-corrected chi connectivity index (χ4v) is 2.36. The molecule has 0 aliphatic carbocycles. The van der Waals surface area contributed by atoms with Gasteiger partial charge in [-0.05, 0) is 41.0 Å². The lowest BCUT2D eigenvalue weighted by atomic mass is 10.1. The smallest absolute Gasteiger partial charge is 0.310 e. The van der Waals surface area contributed by atoms with Crippen molar-refractivity contribution in [2.45, 2.75) is 19.4 Å². The van der Waals surface area contributed by atoms with Crippen LogP contribution in [0.1, 0.15) is 16.7 Å². The maximum absolute atomic E-state index is 11.6. The molecule has 0 atom stereocenters. The van der Waals surface area contributed by atoms with Gasteiger partial charge in [0.1, 0.15) is 18.1 Å². The molecule has 0 saturated carbocycles. The van der Waals surface area contributed by atoms with E-state index in [1.807, 2.05) is 30.3 Å². The first kappa shape index (κ1) is 21.5. The molecule has 3 aromatic carbocycles. The molecule has 6 heteroatoms. The summed E-state index contributed by atoms with van der Waals surface area (Å²) in [6, 6.07) is 22.2. The SMILES string of the molecule is O=C(Cc1ccc(O)cc1)OCc1ccccc1.O=C(O)Cc1ccc(O)cc1. The summed E-state index contributed by atoms with van der Waals surface area (Å²) in [4.78, 5) is 21.8. The Balaban J connectivity index is 0.000000234. The van der Waals surface area contributed by atoms with Crippen LogP contribution in [0, 0.1) is 0 Å². The number of carboxylic acids is 1. The van der Waals surface area contributed by atoms with Crippen molar-refractivity contribution in [1.82, 2.24) is 0 Å². The van der Waals surface area contributed by atoms with Gasteiger partial charge in [-0.3, -0.25) is 9.59 Å². The Morgan fingerprint density at radius 3 is 1.62 bits per heavy atom. The quantitative estimate of drug-likeness (QED) is 0.551. The van der Waals surface area contributed by atoms with Crippen molar-refractivity contribution in [3.63, 3.8) is 0 Å². The van der Waals surface area contributed by atoms with Crippen molar-refractivity contribution < 1.29 is 29.6 Å². The van der Waals surface area contributed by atoms with Gasteiger partial charge in [-0.25, -0.2) is 0 Å². The van der Waals surface area contributed by atoms with Gasteiger partial charge < -0.3 is 20.1 Å². The van der Waals surface area contributed by atoms with E-state index >= 15 is 0 Å². The maximum atomic E-state index is 11.6. The molecule has 150 valence electrons. The van der Waals surface area contributed by atoms with Crippen LogP contribution in [-0.4, -0.2) is 27.3 Å². The topological polar surface area (TPSA) is 104 Å². The number of aliphatic carboxylic acids is 1. The second-order valence-electron chi connectivity index (χ2n) is 6.23. The van der Waals surface area contributed by atoms with Gasteiger partial charge in [0.2, 0.25) is 0 Å². The van der Waals surface area contributed by atoms with Crippen LogP contribution in [0.3, 0.4) is 0 Å². The average Bonchev–Trinajstić information content (AvgIpc) is 2.71. The number of carbonyl (C=O) groups is 2. The summed E-state index contributed by atoms with van der Waals surface area (Å²) in [5.41, 5.74) is 2.48. The number of hydrogen-bond acceptors (Lipinski definition) is 5. The van der Waals surface area contributed by atoms with E-state index in [2.05, 4.69) is 0 Å². The van der Waals surface area contributed by atoms with Crippen LogP contribution in [0.25, 0.3) is 0 Å². The molecular weight excluding hydrogens is 372 g/mol. The van der Waals surface area contributed by atoms with E-state index < -0.39 is 5.97 Å². The summed E-state index contributed by atoms with van der Waals surface area (Å²) < 4.78 is 5.16. The molecule has 0 saturated heterocycles. The minimum absolute atomic E-state index is 0.000278. The van der Waals surface area contributed by atoms with Crippen LogP contribution in [0.2, 0.25) is 0 Å². The van der Waals surface area contributed by atoms with Crippen molar-refractivity contribution in [3.8, 4) is 11.5 Å². The van der Waals surface area contributed by atoms with Crippen LogP contribution >= 0.6 is 0 Å². The van der Waals surface area contributed by atoms with E-state index in [9.17, 15) is 9.59 Å². The van der Waals surface area contributed by atoms with E-state index in [-0.39, 0.29) is 36.9 Å². The molecule has 0 radical (unpaired) electrons. The lowest BCUT2D eigenvalue weighted by Crippen LogP contribution is -2.07. The third kappa shape index (κ3) is 8.62. The zero-order chi connectivity index (χ0) is 21.1. The minimum Gasteiger partial charge on any atom is -0.508 e. The van der Waals surface area contributed by atoms with Crippen molar-refractivity contribution in [3.05, 3.63) is 95.6 Å². The highest BCUT2D eigenvalue weighted by molar-refractivity contribution is 5.72. The first-order valence-corrected chi connectivity index (χ1v) is 8.89. The van der Waals surface area contributed by atoms with Gasteiger partial charge in [-0.1, -0.05) is 54.6 Å². The van der Waals surface area contributed by atoms with Crippen LogP contribution in [0.4, 0.5) is 0 Å². The Hall–Kier alpha value is -3.80. The molecule has 29 heavy (non-hydrogen) atoms. The van der Waals surface area contributed by atoms with Gasteiger partial charge in [-0.2, -0.15) is 0 Å². The zero-order valence-electron chi connectivity index (χ0n) is 15.7. The Labute approximate surface area is 168 Å². The molecule has 0 bridgehead atoms. The van der Waals surface area contributed by atoms with Gasteiger partial charge in [-0.15, -0.1) is 0 Å². The van der Waals surface area contributed by atoms with Crippen molar-refractivity contribution in [2.24, 2.45) is 0 Å². The lowest BCUT2D eigenvalue weighted by molar-refractivity contribution is -0.144. The molecule has 0 aromatic heterocycles. The van der Waals surface area contributed by atoms with Gasteiger partial charge in [0, 0.05) is 0 Å². The highest BCUT2D eigenvalue weighted by Crippen LogP contribution is 2.11. The summed E-state index contributed by atoms with van der Waals surface area (Å²) in [5.74, 6) is -0.796. The number of rotatable bonds is 6. The van der Waals surface area contributed by atoms with E-state index in [0.29, 0.717) is 5.56 Å². The largest absolute Gasteiger partial charge is 0.508 e. The number of ether oxygens (including phenoxy) is 1. The molecule has 0 amide bonds. The Morgan fingerprint density at radius 1 is 0.655 bits per heavy atom. The molecule has 6 nitrogen and oxygen atoms in total. The Kier molecular flexibility index (Phi) is 8.26. The average molecular weight is 394 g/mol. The molecule has 0 fully saturated rings. The molecule has 0 aliphatic heterocycles. The minimum atomic E-state index is -0.865. The second-order valence-corrected chi connectivity index (χ2v) is 6.23. The van der Waals surface area contributed by atoms with Gasteiger partial charge in [0.25, 0.3) is 0 Å². The number of esters is 1. The number of phenols is 2. The molecule has 3 rings (SSSR count). The van der Waals surface area contributed by atoms with E-state index in [1.165, 1.54) is 12.1 Å². The van der Waals surface area contributed by atoms with Gasteiger partial charge in [0.15, 0.2) is 0 Å². The van der Waals surface area contributed by atoms with Crippen molar-refractivity contribution in [1.29, 1.82) is 0 Å². The Morgan fingerprint density at radius 2 is 1.14 bits per heavy atom. The summed E-state index contributed by atoms with van der Waals surface area (Å²) in [7, 11) is 0. The number of benzene rings is 3. The van der Waals surface area contributed by atoms with Crippen molar-refractivity contribution in [2.75, 3.05) is 0 Å². The highest BCUT2D eigenvalue weighted by Gasteiger charge is 2.05. The number of phenolic OH excluding ortho intramolecular Hbond substituents is 2. The zero-order valence-corrected chi connectivity index (χ0v) is 15.7. The molecule has 0 spiro atoms. The summed E-state index contributed by atoms with van der Waals surface area (Å²) in [6.07, 6.45) is 0.216. The third-order valence-electron chi connectivity index (χ3n) is 3.82. The predicted molar refractivity (Wildman–Crippen MR) is 107 cm³/mol. The monoisotopic (exact) mass is 394 g/mol. The molecule has 0 aliphatic rings.